The van der Waals surface area contributed by atoms with Crippen LogP contribution >= 0.6 is 11.6 Å². The second kappa shape index (κ2) is 2.92. The maximum Gasteiger partial charge on any atom is 0.519 e. The van der Waals surface area contributed by atoms with E-state index in [0.29, 0.717) is 5.76 Å². The molecule has 0 atom stereocenters. The maximum absolute atomic E-state index is 10.4. The molecule has 0 saturated heterocycles. The van der Waals surface area contributed by atoms with Gasteiger partial charge in [-0.05, 0) is 18.5 Å². The van der Waals surface area contributed by atoms with Gasteiger partial charge >= 0.3 is 5.82 Å². The van der Waals surface area contributed by atoms with Crippen molar-refractivity contribution in [3.63, 3.8) is 0 Å². The largest absolute Gasteiger partial charge is 0.519 e. The summed E-state index contributed by atoms with van der Waals surface area (Å²) in [5.74, 6) is -0.325. The fraction of sp³-hybridized carbons (Fsp3) is 0.333. The third kappa shape index (κ3) is 1.94. The van der Waals surface area contributed by atoms with Crippen molar-refractivity contribution in [3.8, 4) is 0 Å². The smallest absolute Gasteiger partial charge is 0.396 e. The summed E-state index contributed by atoms with van der Waals surface area (Å²) in [5.41, 5.74) is 0. The highest BCUT2D eigenvalue weighted by atomic mass is 35.5. The Balaban J connectivity index is 2.94. The Hall–Kier alpha value is -1.03. The lowest BCUT2D eigenvalue weighted by Gasteiger charge is -1.86. The number of halogens is 1. The minimum Gasteiger partial charge on any atom is -0.396 e. The van der Waals surface area contributed by atoms with Crippen molar-refractivity contribution in [2.75, 3.05) is 0 Å². The zero-order chi connectivity index (χ0) is 8.43. The Morgan fingerprint density at radius 3 is 2.55 bits per heavy atom. The average molecular weight is 177 g/mol. The molecule has 0 saturated carbocycles. The molecular formula is C6H5ClO4. The first-order valence-electron chi connectivity index (χ1n) is 2.87. The van der Waals surface area contributed by atoms with Gasteiger partial charge in [0.2, 0.25) is 5.24 Å². The van der Waals surface area contributed by atoms with Gasteiger partial charge in [-0.3, -0.25) is 4.79 Å². The number of hydrogen-bond acceptors (Lipinski definition) is 4. The van der Waals surface area contributed by atoms with Crippen molar-refractivity contribution in [1.29, 1.82) is 0 Å². The van der Waals surface area contributed by atoms with Gasteiger partial charge in [-0.1, -0.05) is 0 Å². The van der Waals surface area contributed by atoms with Crippen molar-refractivity contribution in [2.24, 2.45) is 0 Å². The number of rotatable bonds is 2. The lowest BCUT2D eigenvalue weighted by Crippen LogP contribution is -1.93. The number of hydrogen-bond donors (Lipinski definition) is 0. The quantitative estimate of drug-likeness (QED) is 0.627. The zero-order valence-electron chi connectivity index (χ0n) is 5.72. The first kappa shape index (κ1) is 8.07. The molecule has 0 aliphatic rings. The predicted octanol–water partition coefficient (Wildman–Crippen LogP) is 0.849. The van der Waals surface area contributed by atoms with Crippen LogP contribution in [0, 0.1) is 6.92 Å². The van der Waals surface area contributed by atoms with Crippen LogP contribution in [0.15, 0.2) is 13.6 Å². The SMILES string of the molecule is Cc1oc(=O)oc1CC(=O)Cl. The highest BCUT2D eigenvalue weighted by Gasteiger charge is 2.10. The average Bonchev–Trinajstić information content (AvgIpc) is 2.09. The summed E-state index contributed by atoms with van der Waals surface area (Å²) in [7, 11) is 0. The van der Waals surface area contributed by atoms with Gasteiger partial charge in [0, 0.05) is 0 Å². The Bertz CT molecular complexity index is 322. The van der Waals surface area contributed by atoms with E-state index < -0.39 is 11.1 Å². The van der Waals surface area contributed by atoms with Crippen LogP contribution in [-0.2, 0) is 11.2 Å². The van der Waals surface area contributed by atoms with Gasteiger partial charge in [0.25, 0.3) is 0 Å². The molecule has 0 radical (unpaired) electrons. The van der Waals surface area contributed by atoms with Gasteiger partial charge in [0.05, 0.1) is 6.42 Å². The van der Waals surface area contributed by atoms with Gasteiger partial charge in [-0.2, -0.15) is 0 Å². The monoisotopic (exact) mass is 176 g/mol. The van der Waals surface area contributed by atoms with E-state index in [0.717, 1.165) is 0 Å². The summed E-state index contributed by atoms with van der Waals surface area (Å²) in [6.45, 7) is 1.53. The second-order valence-corrected chi connectivity index (χ2v) is 2.39. The second-order valence-electron chi connectivity index (χ2n) is 1.97. The van der Waals surface area contributed by atoms with E-state index in [1.54, 1.807) is 0 Å². The molecule has 0 aliphatic heterocycles. The molecule has 0 unspecified atom stereocenters. The first-order valence-corrected chi connectivity index (χ1v) is 3.25. The molecule has 5 heteroatoms. The molecule has 0 aliphatic carbocycles. The molecule has 0 aromatic carbocycles. The molecule has 11 heavy (non-hydrogen) atoms. The van der Waals surface area contributed by atoms with Crippen molar-refractivity contribution >= 4 is 16.8 Å². The molecule has 0 amide bonds. The van der Waals surface area contributed by atoms with Crippen LogP contribution in [0.25, 0.3) is 0 Å². The van der Waals surface area contributed by atoms with Crippen molar-refractivity contribution in [3.05, 3.63) is 22.1 Å². The number of carbonyl (C=O) groups is 1. The van der Waals surface area contributed by atoms with Crippen molar-refractivity contribution in [1.82, 2.24) is 0 Å². The van der Waals surface area contributed by atoms with Crippen LogP contribution in [-0.4, -0.2) is 5.24 Å². The van der Waals surface area contributed by atoms with E-state index in [4.69, 9.17) is 11.6 Å². The van der Waals surface area contributed by atoms with E-state index >= 15 is 0 Å². The Kier molecular flexibility index (Phi) is 2.14. The molecule has 0 fully saturated rings. The molecule has 0 N–H and O–H groups in total. The summed E-state index contributed by atoms with van der Waals surface area (Å²) >= 11 is 5.05. The third-order valence-corrected chi connectivity index (χ3v) is 1.27. The van der Waals surface area contributed by atoms with Crippen LogP contribution in [0.2, 0.25) is 0 Å². The number of aryl methyl sites for hydroxylation is 1. The van der Waals surface area contributed by atoms with Crippen LogP contribution in [0.3, 0.4) is 0 Å². The van der Waals surface area contributed by atoms with Gasteiger partial charge < -0.3 is 8.83 Å². The molecule has 1 heterocycles. The highest BCUT2D eigenvalue weighted by Crippen LogP contribution is 2.06. The van der Waals surface area contributed by atoms with E-state index in [1.807, 2.05) is 0 Å². The number of carbonyl (C=O) groups excluding carboxylic acids is 1. The lowest BCUT2D eigenvalue weighted by molar-refractivity contribution is -0.111. The minimum absolute atomic E-state index is 0.112. The van der Waals surface area contributed by atoms with E-state index in [1.165, 1.54) is 6.92 Å². The minimum atomic E-state index is -0.810. The van der Waals surface area contributed by atoms with Gasteiger partial charge in [0.15, 0.2) is 5.76 Å². The third-order valence-electron chi connectivity index (χ3n) is 1.14. The maximum atomic E-state index is 10.4. The van der Waals surface area contributed by atoms with Crippen molar-refractivity contribution in [2.45, 2.75) is 13.3 Å². The van der Waals surface area contributed by atoms with Crippen LogP contribution in [0.4, 0.5) is 0 Å². The molecule has 4 nitrogen and oxygen atoms in total. The first-order chi connectivity index (χ1) is 5.09. The normalized spacial score (nSPS) is 10.0. The Morgan fingerprint density at radius 2 is 2.18 bits per heavy atom. The zero-order valence-corrected chi connectivity index (χ0v) is 6.47. The predicted molar refractivity (Wildman–Crippen MR) is 36.5 cm³/mol. The fourth-order valence-electron chi connectivity index (χ4n) is 0.662. The molecule has 60 valence electrons. The highest BCUT2D eigenvalue weighted by molar-refractivity contribution is 6.63. The fourth-order valence-corrected chi connectivity index (χ4v) is 0.783. The van der Waals surface area contributed by atoms with E-state index in [2.05, 4.69) is 8.83 Å². The van der Waals surface area contributed by atoms with Gasteiger partial charge in [-0.25, -0.2) is 4.79 Å². The Morgan fingerprint density at radius 1 is 1.55 bits per heavy atom. The van der Waals surface area contributed by atoms with Gasteiger partial charge in [-0.15, -0.1) is 0 Å². The van der Waals surface area contributed by atoms with E-state index in [-0.39, 0.29) is 12.2 Å². The standard InChI is InChI=1S/C6H5ClO4/c1-3-4(2-5(7)8)11-6(9)10-3/h2H2,1H3. The van der Waals surface area contributed by atoms with Gasteiger partial charge in [0.1, 0.15) is 5.76 Å². The summed E-state index contributed by atoms with van der Waals surface area (Å²) < 4.78 is 8.98. The molecule has 0 spiro atoms. The van der Waals surface area contributed by atoms with Crippen LogP contribution < -0.4 is 5.82 Å². The summed E-state index contributed by atoms with van der Waals surface area (Å²) in [6, 6.07) is 0. The summed E-state index contributed by atoms with van der Waals surface area (Å²) in [6.07, 6.45) is -0.112. The Labute approximate surface area is 66.8 Å². The van der Waals surface area contributed by atoms with Crippen LogP contribution in [0.5, 0.6) is 0 Å². The molecule has 1 aromatic rings. The van der Waals surface area contributed by atoms with E-state index in [9.17, 15) is 9.59 Å². The van der Waals surface area contributed by atoms with Crippen LogP contribution in [0.1, 0.15) is 11.5 Å². The lowest BCUT2D eigenvalue weighted by atomic mass is 10.3. The topological polar surface area (TPSA) is 60.4 Å². The van der Waals surface area contributed by atoms with Crippen molar-refractivity contribution < 1.29 is 13.6 Å². The summed E-state index contributed by atoms with van der Waals surface area (Å²) in [5, 5.41) is -0.586. The molecule has 1 aromatic heterocycles. The molecular weight excluding hydrogens is 172 g/mol. The summed E-state index contributed by atoms with van der Waals surface area (Å²) in [4.78, 5) is 20.7. The molecule has 1 rings (SSSR count). The molecule has 0 bridgehead atoms.